The summed E-state index contributed by atoms with van der Waals surface area (Å²) in [7, 11) is 1.50. The molecule has 0 spiro atoms. The average molecular weight is 295 g/mol. The van der Waals surface area contributed by atoms with E-state index >= 15 is 0 Å². The van der Waals surface area contributed by atoms with E-state index in [1.165, 1.54) is 7.11 Å². The number of carbonyl (C=O) groups excluding carboxylic acids is 1. The number of hydrogen-bond donors (Lipinski definition) is 0. The van der Waals surface area contributed by atoms with Crippen molar-refractivity contribution in [1.82, 2.24) is 0 Å². The first-order valence-electron chi connectivity index (χ1n) is 5.72. The summed E-state index contributed by atoms with van der Waals surface area (Å²) in [5.41, 5.74) is 1.35. The molecule has 0 heterocycles. The zero-order valence-corrected chi connectivity index (χ0v) is 11.8. The molecule has 2 nitrogen and oxygen atoms in total. The molecule has 0 bridgehead atoms. The Kier molecular flexibility index (Phi) is 4.46. The van der Waals surface area contributed by atoms with E-state index in [-0.39, 0.29) is 15.8 Å². The van der Waals surface area contributed by atoms with Crippen LogP contribution in [-0.4, -0.2) is 12.9 Å². The fourth-order valence-corrected chi connectivity index (χ4v) is 2.28. The van der Waals surface area contributed by atoms with E-state index in [0.29, 0.717) is 17.7 Å². The predicted molar refractivity (Wildman–Crippen MR) is 77.5 cm³/mol. The van der Waals surface area contributed by atoms with E-state index in [2.05, 4.69) is 0 Å². The molecule has 0 saturated carbocycles. The highest BCUT2D eigenvalue weighted by Crippen LogP contribution is 2.34. The second kappa shape index (κ2) is 6.09. The van der Waals surface area contributed by atoms with Gasteiger partial charge in [-0.15, -0.1) is 0 Å². The van der Waals surface area contributed by atoms with E-state index in [1.54, 1.807) is 12.1 Å². The minimum atomic E-state index is -0.0687. The van der Waals surface area contributed by atoms with Gasteiger partial charge in [-0.05, 0) is 17.7 Å². The van der Waals surface area contributed by atoms with Gasteiger partial charge >= 0.3 is 0 Å². The molecule has 2 aromatic carbocycles. The van der Waals surface area contributed by atoms with Crippen molar-refractivity contribution >= 4 is 29.0 Å². The standard InChI is InChI=1S/C15H12Cl2O2/c1-19-13-8-7-11(14(16)15(13)17)12(18)9-10-5-3-2-4-6-10/h2-8H,9H2,1H3. The highest BCUT2D eigenvalue weighted by Gasteiger charge is 2.16. The first-order chi connectivity index (χ1) is 9.13. The summed E-state index contributed by atoms with van der Waals surface area (Å²) < 4.78 is 5.05. The lowest BCUT2D eigenvalue weighted by molar-refractivity contribution is 0.0993. The summed E-state index contributed by atoms with van der Waals surface area (Å²) in [5.74, 6) is 0.392. The molecule has 98 valence electrons. The van der Waals surface area contributed by atoms with E-state index < -0.39 is 0 Å². The predicted octanol–water partition coefficient (Wildman–Crippen LogP) is 4.43. The minimum absolute atomic E-state index is 0.0687. The number of methoxy groups -OCH3 is 1. The van der Waals surface area contributed by atoms with Crippen LogP contribution in [0.3, 0.4) is 0 Å². The maximum absolute atomic E-state index is 12.2. The van der Waals surface area contributed by atoms with Gasteiger partial charge in [-0.1, -0.05) is 53.5 Å². The van der Waals surface area contributed by atoms with Crippen molar-refractivity contribution < 1.29 is 9.53 Å². The first kappa shape index (κ1) is 13.9. The van der Waals surface area contributed by atoms with Gasteiger partial charge in [-0.25, -0.2) is 0 Å². The third-order valence-corrected chi connectivity index (χ3v) is 3.64. The summed E-state index contributed by atoms with van der Waals surface area (Å²) in [5, 5.41) is 0.505. The monoisotopic (exact) mass is 294 g/mol. The van der Waals surface area contributed by atoms with Crippen LogP contribution in [-0.2, 0) is 6.42 Å². The summed E-state index contributed by atoms with van der Waals surface area (Å²) in [4.78, 5) is 12.2. The lowest BCUT2D eigenvalue weighted by Crippen LogP contribution is -2.05. The second-order valence-electron chi connectivity index (χ2n) is 4.03. The summed E-state index contributed by atoms with van der Waals surface area (Å²) in [6.07, 6.45) is 0.295. The van der Waals surface area contributed by atoms with Gasteiger partial charge in [0.25, 0.3) is 0 Å². The summed E-state index contributed by atoms with van der Waals surface area (Å²) in [6.45, 7) is 0. The van der Waals surface area contributed by atoms with Crippen LogP contribution < -0.4 is 4.74 Å². The van der Waals surface area contributed by atoms with Gasteiger partial charge < -0.3 is 4.74 Å². The molecule has 2 aromatic rings. The molecule has 0 saturated heterocycles. The van der Waals surface area contributed by atoms with E-state index in [0.717, 1.165) is 5.56 Å². The maximum Gasteiger partial charge on any atom is 0.168 e. The van der Waals surface area contributed by atoms with Crippen LogP contribution in [0.15, 0.2) is 42.5 Å². The van der Waals surface area contributed by atoms with E-state index in [4.69, 9.17) is 27.9 Å². The molecule has 0 aliphatic rings. The molecule has 0 radical (unpaired) electrons. The number of ketones is 1. The molecule has 0 unspecified atom stereocenters. The Labute approximate surface area is 121 Å². The van der Waals surface area contributed by atoms with Crippen molar-refractivity contribution in [2.24, 2.45) is 0 Å². The van der Waals surface area contributed by atoms with Crippen molar-refractivity contribution in [2.75, 3.05) is 7.11 Å². The van der Waals surface area contributed by atoms with Crippen molar-refractivity contribution in [3.8, 4) is 5.75 Å². The Morgan fingerprint density at radius 2 is 1.74 bits per heavy atom. The van der Waals surface area contributed by atoms with Crippen molar-refractivity contribution in [1.29, 1.82) is 0 Å². The summed E-state index contributed by atoms with van der Waals surface area (Å²) in [6, 6.07) is 12.8. The van der Waals surface area contributed by atoms with E-state index in [1.807, 2.05) is 30.3 Å². The van der Waals surface area contributed by atoms with Crippen LogP contribution in [0.4, 0.5) is 0 Å². The van der Waals surface area contributed by atoms with Gasteiger partial charge in [0.05, 0.1) is 12.1 Å². The van der Waals surface area contributed by atoms with Crippen molar-refractivity contribution in [2.45, 2.75) is 6.42 Å². The van der Waals surface area contributed by atoms with Gasteiger partial charge in [0.1, 0.15) is 10.8 Å². The molecule has 0 N–H and O–H groups in total. The smallest absolute Gasteiger partial charge is 0.168 e. The largest absolute Gasteiger partial charge is 0.495 e. The normalized spacial score (nSPS) is 10.3. The van der Waals surface area contributed by atoms with Crippen LogP contribution in [0.25, 0.3) is 0 Å². The number of halogens is 2. The zero-order valence-electron chi connectivity index (χ0n) is 10.3. The molecule has 0 aliphatic carbocycles. The third kappa shape index (κ3) is 3.09. The quantitative estimate of drug-likeness (QED) is 0.780. The van der Waals surface area contributed by atoms with Gasteiger partial charge in [0.2, 0.25) is 0 Å². The number of hydrogen-bond acceptors (Lipinski definition) is 2. The zero-order chi connectivity index (χ0) is 13.8. The van der Waals surface area contributed by atoms with Gasteiger partial charge in [0, 0.05) is 12.0 Å². The Morgan fingerprint density at radius 3 is 2.37 bits per heavy atom. The van der Waals surface area contributed by atoms with Crippen LogP contribution in [0.2, 0.25) is 10.0 Å². The lowest BCUT2D eigenvalue weighted by atomic mass is 10.0. The molecule has 0 aliphatic heterocycles. The van der Waals surface area contributed by atoms with Crippen LogP contribution in [0, 0.1) is 0 Å². The number of carbonyl (C=O) groups is 1. The molecule has 0 aromatic heterocycles. The Hall–Kier alpha value is -1.51. The fraction of sp³-hybridized carbons (Fsp3) is 0.133. The first-order valence-corrected chi connectivity index (χ1v) is 6.48. The molecular formula is C15H12Cl2O2. The van der Waals surface area contributed by atoms with Gasteiger partial charge in [-0.2, -0.15) is 0 Å². The third-order valence-electron chi connectivity index (χ3n) is 2.77. The maximum atomic E-state index is 12.2. The van der Waals surface area contributed by atoms with E-state index in [9.17, 15) is 4.79 Å². The number of Topliss-reactive ketones (excluding diaryl/α,β-unsaturated/α-hetero) is 1. The van der Waals surface area contributed by atoms with Crippen LogP contribution in [0.5, 0.6) is 5.75 Å². The molecule has 2 rings (SSSR count). The minimum Gasteiger partial charge on any atom is -0.495 e. The van der Waals surface area contributed by atoms with Crippen LogP contribution in [0.1, 0.15) is 15.9 Å². The Balaban J connectivity index is 2.27. The average Bonchev–Trinajstić information content (AvgIpc) is 2.42. The fourth-order valence-electron chi connectivity index (χ4n) is 1.78. The molecule has 0 atom stereocenters. The molecular weight excluding hydrogens is 283 g/mol. The van der Waals surface area contributed by atoms with Crippen molar-refractivity contribution in [3.63, 3.8) is 0 Å². The molecule has 0 fully saturated rings. The van der Waals surface area contributed by atoms with Gasteiger partial charge in [-0.3, -0.25) is 4.79 Å². The molecule has 19 heavy (non-hydrogen) atoms. The SMILES string of the molecule is COc1ccc(C(=O)Cc2ccccc2)c(Cl)c1Cl. The molecule has 4 heteroatoms. The Morgan fingerprint density at radius 1 is 1.05 bits per heavy atom. The highest BCUT2D eigenvalue weighted by molar-refractivity contribution is 6.44. The number of rotatable bonds is 4. The summed E-state index contributed by atoms with van der Waals surface area (Å²) >= 11 is 12.1. The number of benzene rings is 2. The van der Waals surface area contributed by atoms with Crippen LogP contribution >= 0.6 is 23.2 Å². The second-order valence-corrected chi connectivity index (χ2v) is 4.78. The molecule has 0 amide bonds. The number of ether oxygens (including phenoxy) is 1. The topological polar surface area (TPSA) is 26.3 Å². The van der Waals surface area contributed by atoms with Crippen molar-refractivity contribution in [3.05, 3.63) is 63.6 Å². The lowest BCUT2D eigenvalue weighted by Gasteiger charge is -2.09. The Bertz CT molecular complexity index is 595. The highest BCUT2D eigenvalue weighted by atomic mass is 35.5. The van der Waals surface area contributed by atoms with Gasteiger partial charge in [0.15, 0.2) is 5.78 Å².